The lowest BCUT2D eigenvalue weighted by Gasteiger charge is -2.20. The zero-order valence-electron chi connectivity index (χ0n) is 14.4. The van der Waals surface area contributed by atoms with Gasteiger partial charge in [-0.3, -0.25) is 4.79 Å². The number of alkyl halides is 3. The quantitative estimate of drug-likeness (QED) is 0.606. The predicted molar refractivity (Wildman–Crippen MR) is 96.1 cm³/mol. The Morgan fingerprint density at radius 1 is 1.14 bits per heavy atom. The van der Waals surface area contributed by atoms with E-state index in [2.05, 4.69) is 10.1 Å². The molecular formula is C18H13ClF4N4O. The summed E-state index contributed by atoms with van der Waals surface area (Å²) in [4.78, 5) is 17.7. The van der Waals surface area contributed by atoms with Crippen molar-refractivity contribution in [2.45, 2.75) is 12.7 Å². The van der Waals surface area contributed by atoms with Gasteiger partial charge in [-0.15, -0.1) is 0 Å². The topological polar surface area (TPSA) is 51.0 Å². The highest BCUT2D eigenvalue weighted by Gasteiger charge is 2.30. The molecule has 0 aliphatic rings. The maximum atomic E-state index is 13.8. The number of pyridine rings is 1. The molecule has 0 atom stereocenters. The molecule has 0 amide bonds. The Labute approximate surface area is 161 Å². The van der Waals surface area contributed by atoms with Gasteiger partial charge in [0.2, 0.25) is 0 Å². The highest BCUT2D eigenvalue weighted by molar-refractivity contribution is 6.33. The summed E-state index contributed by atoms with van der Waals surface area (Å²) in [5.41, 5.74) is -1.06. The molecule has 0 spiro atoms. The van der Waals surface area contributed by atoms with E-state index in [1.807, 2.05) is 0 Å². The Morgan fingerprint density at radius 3 is 2.46 bits per heavy atom. The summed E-state index contributed by atoms with van der Waals surface area (Å²) in [5.74, 6) is -0.510. The van der Waals surface area contributed by atoms with Crippen LogP contribution in [-0.2, 0) is 12.7 Å². The first-order valence-electron chi connectivity index (χ1n) is 7.94. The molecule has 0 bridgehead atoms. The number of aromatic nitrogens is 3. The molecule has 0 fully saturated rings. The number of halogens is 5. The lowest BCUT2D eigenvalue weighted by atomic mass is 10.2. The molecular weight excluding hydrogens is 400 g/mol. The largest absolute Gasteiger partial charge is 0.417 e. The first-order chi connectivity index (χ1) is 13.2. The number of benzene rings is 1. The van der Waals surface area contributed by atoms with E-state index in [9.17, 15) is 22.4 Å². The van der Waals surface area contributed by atoms with Gasteiger partial charge < -0.3 is 4.90 Å². The molecule has 0 saturated carbocycles. The summed E-state index contributed by atoms with van der Waals surface area (Å²) in [6.07, 6.45) is -2.67. The van der Waals surface area contributed by atoms with Gasteiger partial charge in [-0.25, -0.2) is 9.37 Å². The average molecular weight is 413 g/mol. The van der Waals surface area contributed by atoms with Crippen molar-refractivity contribution >= 4 is 17.3 Å². The number of anilines is 1. The van der Waals surface area contributed by atoms with Gasteiger partial charge in [0.05, 0.1) is 17.4 Å². The van der Waals surface area contributed by atoms with E-state index < -0.39 is 23.1 Å². The second-order valence-corrected chi connectivity index (χ2v) is 6.29. The minimum absolute atomic E-state index is 0.108. The van der Waals surface area contributed by atoms with Gasteiger partial charge in [-0.05, 0) is 18.2 Å². The number of rotatable bonds is 4. The SMILES string of the molecule is CN(Cc1ccccc1F)c1cnn(-c2ccc(C(F)(F)F)cn2)c(=O)c1Cl. The molecule has 0 radical (unpaired) electrons. The number of hydrogen-bond donors (Lipinski definition) is 0. The van der Waals surface area contributed by atoms with Gasteiger partial charge in [-0.2, -0.15) is 23.0 Å². The van der Waals surface area contributed by atoms with Crippen LogP contribution in [0.4, 0.5) is 23.2 Å². The number of nitrogens with zero attached hydrogens (tertiary/aromatic N) is 4. The van der Waals surface area contributed by atoms with E-state index in [1.165, 1.54) is 12.3 Å². The van der Waals surface area contributed by atoms with Crippen LogP contribution in [0.5, 0.6) is 0 Å². The molecule has 0 aliphatic heterocycles. The van der Waals surface area contributed by atoms with Crippen LogP contribution < -0.4 is 10.5 Å². The van der Waals surface area contributed by atoms with Crippen molar-refractivity contribution in [1.82, 2.24) is 14.8 Å². The Hall–Kier alpha value is -2.94. The van der Waals surface area contributed by atoms with E-state index in [4.69, 9.17) is 11.6 Å². The maximum absolute atomic E-state index is 13.8. The summed E-state index contributed by atoms with van der Waals surface area (Å²) < 4.78 is 52.5. The normalized spacial score (nSPS) is 11.5. The minimum atomic E-state index is -4.54. The molecule has 0 N–H and O–H groups in total. The van der Waals surface area contributed by atoms with Gasteiger partial charge in [0.15, 0.2) is 5.82 Å². The molecule has 1 aromatic carbocycles. The van der Waals surface area contributed by atoms with Crippen LogP contribution in [0.3, 0.4) is 0 Å². The van der Waals surface area contributed by atoms with E-state index in [-0.39, 0.29) is 23.1 Å². The van der Waals surface area contributed by atoms with Crippen LogP contribution in [0.1, 0.15) is 11.1 Å². The van der Waals surface area contributed by atoms with Gasteiger partial charge in [0.1, 0.15) is 10.8 Å². The molecule has 2 aromatic heterocycles. The number of hydrogen-bond acceptors (Lipinski definition) is 4. The van der Waals surface area contributed by atoms with Crippen LogP contribution in [0, 0.1) is 5.82 Å². The molecule has 0 aliphatic carbocycles. The third-order valence-corrected chi connectivity index (χ3v) is 4.32. The van der Waals surface area contributed by atoms with Crippen molar-refractivity contribution in [2.24, 2.45) is 0 Å². The van der Waals surface area contributed by atoms with E-state index >= 15 is 0 Å². The Morgan fingerprint density at radius 2 is 1.86 bits per heavy atom. The molecule has 3 aromatic rings. The van der Waals surface area contributed by atoms with Crippen molar-refractivity contribution in [3.8, 4) is 5.82 Å². The molecule has 3 rings (SSSR count). The minimum Gasteiger partial charge on any atom is -0.367 e. The molecule has 0 unspecified atom stereocenters. The second kappa shape index (κ2) is 7.59. The summed E-state index contributed by atoms with van der Waals surface area (Å²) in [7, 11) is 1.61. The maximum Gasteiger partial charge on any atom is 0.417 e. The van der Waals surface area contributed by atoms with Crippen molar-refractivity contribution in [3.63, 3.8) is 0 Å². The fourth-order valence-electron chi connectivity index (χ4n) is 2.50. The average Bonchev–Trinajstić information content (AvgIpc) is 2.65. The molecule has 0 saturated heterocycles. The molecule has 5 nitrogen and oxygen atoms in total. The fourth-order valence-corrected chi connectivity index (χ4v) is 2.77. The van der Waals surface area contributed by atoms with Crippen molar-refractivity contribution in [3.05, 3.63) is 81.1 Å². The molecule has 2 heterocycles. The predicted octanol–water partition coefficient (Wildman–Crippen LogP) is 4.08. The lowest BCUT2D eigenvalue weighted by molar-refractivity contribution is -0.137. The lowest BCUT2D eigenvalue weighted by Crippen LogP contribution is -2.27. The van der Waals surface area contributed by atoms with Crippen LogP contribution in [0.15, 0.2) is 53.6 Å². The zero-order valence-corrected chi connectivity index (χ0v) is 15.2. The Bertz CT molecular complexity index is 1050. The van der Waals surface area contributed by atoms with E-state index in [0.29, 0.717) is 11.8 Å². The van der Waals surface area contributed by atoms with E-state index in [0.717, 1.165) is 16.8 Å². The van der Waals surface area contributed by atoms with Crippen LogP contribution >= 0.6 is 11.6 Å². The molecule has 28 heavy (non-hydrogen) atoms. The van der Waals surface area contributed by atoms with Crippen molar-refractivity contribution in [1.29, 1.82) is 0 Å². The summed E-state index contributed by atoms with van der Waals surface area (Å²) in [5, 5.41) is 3.71. The Kier molecular flexibility index (Phi) is 5.37. The first kappa shape index (κ1) is 19.8. The smallest absolute Gasteiger partial charge is 0.367 e. The Balaban J connectivity index is 1.91. The van der Waals surface area contributed by atoms with Crippen molar-refractivity contribution < 1.29 is 17.6 Å². The molecule has 10 heteroatoms. The van der Waals surface area contributed by atoms with Crippen LogP contribution in [0.25, 0.3) is 5.82 Å². The highest BCUT2D eigenvalue weighted by Crippen LogP contribution is 2.29. The standard InChI is InChI=1S/C18H13ClF4N4O/c1-26(10-11-4-2-3-5-13(11)20)14-9-25-27(17(28)16(14)19)15-7-6-12(8-24-15)18(21,22)23/h2-9H,10H2,1H3. The van der Waals surface area contributed by atoms with E-state index in [1.54, 1.807) is 30.1 Å². The highest BCUT2D eigenvalue weighted by atomic mass is 35.5. The summed E-state index contributed by atoms with van der Waals surface area (Å²) >= 11 is 6.14. The monoisotopic (exact) mass is 412 g/mol. The molecule has 146 valence electrons. The third kappa shape index (κ3) is 3.99. The van der Waals surface area contributed by atoms with Crippen molar-refractivity contribution in [2.75, 3.05) is 11.9 Å². The van der Waals surface area contributed by atoms with Gasteiger partial charge in [0, 0.05) is 25.4 Å². The van der Waals surface area contributed by atoms with Gasteiger partial charge >= 0.3 is 6.18 Å². The summed E-state index contributed by atoms with van der Waals surface area (Å²) in [6, 6.07) is 7.97. The fraction of sp³-hybridized carbons (Fsp3) is 0.167. The first-order valence-corrected chi connectivity index (χ1v) is 8.32. The second-order valence-electron chi connectivity index (χ2n) is 5.91. The zero-order chi connectivity index (χ0) is 20.5. The van der Waals surface area contributed by atoms with Crippen LogP contribution in [-0.4, -0.2) is 21.8 Å². The van der Waals surface area contributed by atoms with Gasteiger partial charge in [-0.1, -0.05) is 29.8 Å². The van der Waals surface area contributed by atoms with Crippen LogP contribution in [0.2, 0.25) is 5.02 Å². The third-order valence-electron chi connectivity index (χ3n) is 3.97. The van der Waals surface area contributed by atoms with Gasteiger partial charge in [0.25, 0.3) is 5.56 Å². The summed E-state index contributed by atoms with van der Waals surface area (Å²) in [6.45, 7) is 0.135.